The average molecular weight is 274 g/mol. The SMILES string of the molecule is Nc1cccc(NC(=O)c2cc3sccc3s2)c1. The molecule has 0 atom stereocenters. The number of rotatable bonds is 2. The van der Waals surface area contributed by atoms with E-state index in [1.165, 1.54) is 11.3 Å². The maximum atomic E-state index is 12.1. The van der Waals surface area contributed by atoms with E-state index in [0.29, 0.717) is 5.69 Å². The second-order valence-electron chi connectivity index (χ2n) is 3.84. The molecule has 1 aromatic carbocycles. The van der Waals surface area contributed by atoms with Crippen molar-refractivity contribution in [2.24, 2.45) is 0 Å². The number of nitrogens with two attached hydrogens (primary N) is 1. The fraction of sp³-hybridized carbons (Fsp3) is 0. The molecule has 0 saturated heterocycles. The molecule has 0 unspecified atom stereocenters. The Hall–Kier alpha value is -1.85. The first-order chi connectivity index (χ1) is 8.72. The Kier molecular flexibility index (Phi) is 2.77. The number of benzene rings is 1. The molecule has 18 heavy (non-hydrogen) atoms. The standard InChI is InChI=1S/C13H10N2OS2/c14-8-2-1-3-9(6-8)15-13(16)12-7-11-10(18-12)4-5-17-11/h1-7H,14H2,(H,15,16). The lowest BCUT2D eigenvalue weighted by Crippen LogP contribution is -2.10. The Morgan fingerprint density at radius 3 is 2.83 bits per heavy atom. The summed E-state index contributed by atoms with van der Waals surface area (Å²) in [4.78, 5) is 12.8. The normalized spacial score (nSPS) is 10.7. The second kappa shape index (κ2) is 4.44. The van der Waals surface area contributed by atoms with E-state index in [4.69, 9.17) is 5.73 Å². The van der Waals surface area contributed by atoms with Crippen molar-refractivity contribution < 1.29 is 4.79 Å². The fourth-order valence-electron chi connectivity index (χ4n) is 1.69. The molecule has 3 N–H and O–H groups in total. The Balaban J connectivity index is 1.85. The molecule has 0 bridgehead atoms. The van der Waals surface area contributed by atoms with Gasteiger partial charge in [0.2, 0.25) is 0 Å². The molecule has 0 spiro atoms. The molecule has 0 aliphatic carbocycles. The van der Waals surface area contributed by atoms with Crippen molar-refractivity contribution in [2.75, 3.05) is 11.1 Å². The van der Waals surface area contributed by atoms with Gasteiger partial charge in [0.05, 0.1) is 4.88 Å². The lowest BCUT2D eigenvalue weighted by atomic mass is 10.3. The summed E-state index contributed by atoms with van der Waals surface area (Å²) in [7, 11) is 0. The van der Waals surface area contributed by atoms with Gasteiger partial charge in [0.1, 0.15) is 0 Å². The summed E-state index contributed by atoms with van der Waals surface area (Å²) in [6.07, 6.45) is 0. The summed E-state index contributed by atoms with van der Waals surface area (Å²) in [6.45, 7) is 0. The number of amides is 1. The van der Waals surface area contributed by atoms with Crippen LogP contribution in [0.2, 0.25) is 0 Å². The third-order valence-electron chi connectivity index (χ3n) is 2.51. The first-order valence-corrected chi connectivity index (χ1v) is 7.06. The van der Waals surface area contributed by atoms with Gasteiger partial charge in [-0.1, -0.05) is 6.07 Å². The highest BCUT2D eigenvalue weighted by Crippen LogP contribution is 2.30. The highest BCUT2D eigenvalue weighted by atomic mass is 32.1. The van der Waals surface area contributed by atoms with Gasteiger partial charge in [0.15, 0.2) is 0 Å². The number of hydrogen-bond acceptors (Lipinski definition) is 4. The van der Waals surface area contributed by atoms with Crippen LogP contribution in [0.3, 0.4) is 0 Å². The van der Waals surface area contributed by atoms with E-state index >= 15 is 0 Å². The zero-order valence-electron chi connectivity index (χ0n) is 9.34. The first kappa shape index (κ1) is 11.3. The summed E-state index contributed by atoms with van der Waals surface area (Å²) < 4.78 is 2.30. The molecule has 0 aliphatic rings. The third-order valence-corrected chi connectivity index (χ3v) is 4.60. The highest BCUT2D eigenvalue weighted by Gasteiger charge is 2.11. The van der Waals surface area contributed by atoms with Gasteiger partial charge in [-0.15, -0.1) is 22.7 Å². The van der Waals surface area contributed by atoms with Crippen molar-refractivity contribution >= 4 is 49.4 Å². The molecule has 3 rings (SSSR count). The van der Waals surface area contributed by atoms with Crippen LogP contribution in [0.5, 0.6) is 0 Å². The van der Waals surface area contributed by atoms with Crippen LogP contribution in [0.1, 0.15) is 9.67 Å². The summed E-state index contributed by atoms with van der Waals surface area (Å²) >= 11 is 3.15. The molecular formula is C13H10N2OS2. The van der Waals surface area contributed by atoms with Gasteiger partial charge in [0.25, 0.3) is 5.91 Å². The third kappa shape index (κ3) is 2.10. The smallest absolute Gasteiger partial charge is 0.265 e. The van der Waals surface area contributed by atoms with Gasteiger partial charge in [0, 0.05) is 20.8 Å². The van der Waals surface area contributed by atoms with Crippen molar-refractivity contribution in [1.82, 2.24) is 0 Å². The van der Waals surface area contributed by atoms with Crippen molar-refractivity contribution in [3.8, 4) is 0 Å². The number of anilines is 2. The Morgan fingerprint density at radius 2 is 2.06 bits per heavy atom. The van der Waals surface area contributed by atoms with Crippen LogP contribution in [0.25, 0.3) is 9.40 Å². The van der Waals surface area contributed by atoms with Gasteiger partial charge in [-0.05, 0) is 35.7 Å². The number of hydrogen-bond donors (Lipinski definition) is 2. The maximum absolute atomic E-state index is 12.1. The highest BCUT2D eigenvalue weighted by molar-refractivity contribution is 7.27. The zero-order chi connectivity index (χ0) is 12.5. The molecule has 5 heteroatoms. The van der Waals surface area contributed by atoms with E-state index in [2.05, 4.69) is 5.32 Å². The van der Waals surface area contributed by atoms with E-state index < -0.39 is 0 Å². The van der Waals surface area contributed by atoms with Gasteiger partial charge in [-0.3, -0.25) is 4.79 Å². The predicted octanol–water partition coefficient (Wildman–Crippen LogP) is 3.80. The monoisotopic (exact) mass is 274 g/mol. The topological polar surface area (TPSA) is 55.1 Å². The van der Waals surface area contributed by atoms with Crippen LogP contribution in [-0.4, -0.2) is 5.91 Å². The van der Waals surface area contributed by atoms with Crippen LogP contribution >= 0.6 is 22.7 Å². The first-order valence-electron chi connectivity index (χ1n) is 5.36. The molecule has 3 aromatic rings. The molecule has 0 fully saturated rings. The molecule has 2 heterocycles. The van der Waals surface area contributed by atoms with Gasteiger partial charge in [-0.25, -0.2) is 0 Å². The van der Waals surface area contributed by atoms with Gasteiger partial charge in [-0.2, -0.15) is 0 Å². The molecular weight excluding hydrogens is 264 g/mol. The molecule has 3 nitrogen and oxygen atoms in total. The number of nitrogen functional groups attached to an aromatic ring is 1. The second-order valence-corrected chi connectivity index (χ2v) is 5.87. The van der Waals surface area contributed by atoms with E-state index in [1.807, 2.05) is 29.6 Å². The molecule has 2 aromatic heterocycles. The van der Waals surface area contributed by atoms with Crippen LogP contribution in [0.4, 0.5) is 11.4 Å². The number of thiophene rings is 2. The van der Waals surface area contributed by atoms with Crippen LogP contribution in [-0.2, 0) is 0 Å². The Bertz CT molecular complexity index is 686. The summed E-state index contributed by atoms with van der Waals surface area (Å²) in [5.41, 5.74) is 7.03. The Morgan fingerprint density at radius 1 is 1.17 bits per heavy atom. The van der Waals surface area contributed by atoms with Crippen LogP contribution in [0, 0.1) is 0 Å². The minimum atomic E-state index is -0.0889. The fourth-order valence-corrected chi connectivity index (χ4v) is 3.69. The number of fused-ring (bicyclic) bond motifs is 1. The number of nitrogens with one attached hydrogen (secondary N) is 1. The zero-order valence-corrected chi connectivity index (χ0v) is 11.0. The van der Waals surface area contributed by atoms with Crippen LogP contribution < -0.4 is 11.1 Å². The van der Waals surface area contributed by atoms with Gasteiger partial charge >= 0.3 is 0 Å². The maximum Gasteiger partial charge on any atom is 0.265 e. The molecule has 0 saturated carbocycles. The van der Waals surface area contributed by atoms with Crippen molar-refractivity contribution in [1.29, 1.82) is 0 Å². The minimum absolute atomic E-state index is 0.0889. The average Bonchev–Trinajstić information content (AvgIpc) is 2.88. The summed E-state index contributed by atoms with van der Waals surface area (Å²) in [6, 6.07) is 11.1. The molecule has 0 aliphatic heterocycles. The van der Waals surface area contributed by atoms with E-state index in [1.54, 1.807) is 23.5 Å². The van der Waals surface area contributed by atoms with Crippen molar-refractivity contribution in [3.05, 3.63) is 46.7 Å². The van der Waals surface area contributed by atoms with E-state index in [9.17, 15) is 4.79 Å². The lowest BCUT2D eigenvalue weighted by molar-refractivity contribution is 0.103. The largest absolute Gasteiger partial charge is 0.399 e. The molecule has 90 valence electrons. The predicted molar refractivity (Wildman–Crippen MR) is 78.5 cm³/mol. The molecule has 0 radical (unpaired) electrons. The number of carbonyl (C=O) groups excluding carboxylic acids is 1. The lowest BCUT2D eigenvalue weighted by Gasteiger charge is -2.03. The Labute approximate surface area is 112 Å². The van der Waals surface area contributed by atoms with Crippen LogP contribution in [0.15, 0.2) is 41.8 Å². The molecule has 1 amide bonds. The minimum Gasteiger partial charge on any atom is -0.399 e. The summed E-state index contributed by atoms with van der Waals surface area (Å²) in [5.74, 6) is -0.0889. The van der Waals surface area contributed by atoms with E-state index in [0.717, 1.165) is 20.0 Å². The summed E-state index contributed by atoms with van der Waals surface area (Å²) in [5, 5.41) is 4.87. The van der Waals surface area contributed by atoms with Crippen molar-refractivity contribution in [2.45, 2.75) is 0 Å². The quantitative estimate of drug-likeness (QED) is 0.698. The number of carbonyl (C=O) groups is 1. The van der Waals surface area contributed by atoms with Crippen molar-refractivity contribution in [3.63, 3.8) is 0 Å². The van der Waals surface area contributed by atoms with E-state index in [-0.39, 0.29) is 5.91 Å². The van der Waals surface area contributed by atoms with Gasteiger partial charge < -0.3 is 11.1 Å².